The van der Waals surface area contributed by atoms with E-state index in [1.807, 2.05) is 0 Å². The number of aliphatic imine (C=N–C) groups is 1. The van der Waals surface area contributed by atoms with Crippen molar-refractivity contribution in [1.29, 1.82) is 0 Å². The molecule has 3 N–H and O–H groups in total. The predicted octanol–water partition coefficient (Wildman–Crippen LogP) is -0.302. The molecular weight excluding hydrogens is 258 g/mol. The lowest BCUT2D eigenvalue weighted by molar-refractivity contribution is -0.119. The maximum atomic E-state index is 11.4. The largest absolute Gasteiger partial charge is 0.325 e. The molecule has 18 heavy (non-hydrogen) atoms. The van der Waals surface area contributed by atoms with Gasteiger partial charge in [0.15, 0.2) is 0 Å². The van der Waals surface area contributed by atoms with E-state index >= 15 is 0 Å². The zero-order chi connectivity index (χ0) is 14.0. The number of rotatable bonds is 8. The highest BCUT2D eigenvalue weighted by molar-refractivity contribution is 7.85. The van der Waals surface area contributed by atoms with Crippen LogP contribution in [0.1, 0.15) is 6.92 Å². The number of allylic oxidation sites excluding steroid dienone is 2. The highest BCUT2D eigenvalue weighted by atomic mass is 32.2. The molecule has 102 valence electrons. The van der Waals surface area contributed by atoms with Crippen LogP contribution in [0, 0.1) is 0 Å². The number of nitrogens with one attached hydrogen (secondary N) is 2. The number of hydrogen-bond donors (Lipinski definition) is 3. The normalized spacial score (nSPS) is 12.7. The van der Waals surface area contributed by atoms with Gasteiger partial charge < -0.3 is 10.6 Å². The van der Waals surface area contributed by atoms with Crippen LogP contribution in [0.3, 0.4) is 0 Å². The van der Waals surface area contributed by atoms with E-state index in [1.165, 1.54) is 6.20 Å². The Morgan fingerprint density at radius 3 is 2.67 bits per heavy atom. The summed E-state index contributed by atoms with van der Waals surface area (Å²) in [5.74, 6) is -0.760. The second-order valence-electron chi connectivity index (χ2n) is 3.25. The molecule has 0 fully saturated rings. The SMILES string of the molecule is C=N/C=C\C(=C/C)NC(=O)CNCCS(=O)(=O)O. The Morgan fingerprint density at radius 1 is 1.50 bits per heavy atom. The Labute approximate surface area is 106 Å². The fourth-order valence-electron chi connectivity index (χ4n) is 0.951. The lowest BCUT2D eigenvalue weighted by Crippen LogP contribution is -2.35. The zero-order valence-electron chi connectivity index (χ0n) is 10.1. The summed E-state index contributed by atoms with van der Waals surface area (Å²) in [6.45, 7) is 4.95. The topological polar surface area (TPSA) is 108 Å². The Balaban J connectivity index is 3.97. The van der Waals surface area contributed by atoms with E-state index in [9.17, 15) is 13.2 Å². The number of carbonyl (C=O) groups excluding carboxylic acids is 1. The molecule has 0 aromatic rings. The van der Waals surface area contributed by atoms with E-state index in [0.29, 0.717) is 5.70 Å². The second-order valence-corrected chi connectivity index (χ2v) is 4.83. The van der Waals surface area contributed by atoms with E-state index < -0.39 is 15.9 Å². The molecule has 0 heterocycles. The van der Waals surface area contributed by atoms with Gasteiger partial charge in [0.25, 0.3) is 10.1 Å². The van der Waals surface area contributed by atoms with Gasteiger partial charge in [0, 0.05) is 18.4 Å². The average Bonchev–Trinajstić information content (AvgIpc) is 2.29. The van der Waals surface area contributed by atoms with Gasteiger partial charge in [-0.1, -0.05) is 6.08 Å². The lowest BCUT2D eigenvalue weighted by Gasteiger charge is -2.06. The van der Waals surface area contributed by atoms with Crippen LogP contribution in [-0.4, -0.2) is 44.4 Å². The summed E-state index contributed by atoms with van der Waals surface area (Å²) in [6.07, 6.45) is 4.68. The summed E-state index contributed by atoms with van der Waals surface area (Å²) in [7, 11) is -4.00. The van der Waals surface area contributed by atoms with Crippen molar-refractivity contribution in [2.75, 3.05) is 18.8 Å². The van der Waals surface area contributed by atoms with Gasteiger partial charge in [0.2, 0.25) is 5.91 Å². The van der Waals surface area contributed by atoms with Gasteiger partial charge in [0.05, 0.1) is 12.3 Å². The minimum Gasteiger partial charge on any atom is -0.325 e. The van der Waals surface area contributed by atoms with Gasteiger partial charge >= 0.3 is 0 Å². The summed E-state index contributed by atoms with van der Waals surface area (Å²) >= 11 is 0. The lowest BCUT2D eigenvalue weighted by atomic mass is 10.4. The molecule has 0 atom stereocenters. The van der Waals surface area contributed by atoms with Crippen LogP contribution < -0.4 is 10.6 Å². The van der Waals surface area contributed by atoms with Crippen LogP contribution in [-0.2, 0) is 14.9 Å². The molecular formula is C10H17N3O4S. The minimum absolute atomic E-state index is 0.00147. The van der Waals surface area contributed by atoms with Gasteiger partial charge in [-0.25, -0.2) is 0 Å². The first kappa shape index (κ1) is 16.5. The summed E-state index contributed by atoms with van der Waals surface area (Å²) in [6, 6.07) is 0. The van der Waals surface area contributed by atoms with Crippen LogP contribution >= 0.6 is 0 Å². The molecule has 0 aliphatic heterocycles. The van der Waals surface area contributed by atoms with Gasteiger partial charge in [-0.05, 0) is 19.7 Å². The molecule has 0 aromatic carbocycles. The van der Waals surface area contributed by atoms with Gasteiger partial charge in [-0.3, -0.25) is 14.3 Å². The van der Waals surface area contributed by atoms with Crippen molar-refractivity contribution in [3.05, 3.63) is 24.0 Å². The molecule has 0 bridgehead atoms. The smallest absolute Gasteiger partial charge is 0.266 e. The third-order valence-corrected chi connectivity index (χ3v) is 2.50. The minimum atomic E-state index is -4.00. The maximum Gasteiger partial charge on any atom is 0.266 e. The van der Waals surface area contributed by atoms with Crippen LogP contribution in [0.5, 0.6) is 0 Å². The monoisotopic (exact) mass is 275 g/mol. The van der Waals surface area contributed by atoms with Gasteiger partial charge in [0.1, 0.15) is 0 Å². The van der Waals surface area contributed by atoms with Gasteiger partial charge in [-0.15, -0.1) is 0 Å². The van der Waals surface area contributed by atoms with Crippen molar-refractivity contribution in [3.8, 4) is 0 Å². The molecule has 7 nitrogen and oxygen atoms in total. The fraction of sp³-hybridized carbons (Fsp3) is 0.400. The molecule has 0 aliphatic rings. The van der Waals surface area contributed by atoms with Crippen molar-refractivity contribution in [2.45, 2.75) is 6.92 Å². The Morgan fingerprint density at radius 2 is 2.17 bits per heavy atom. The van der Waals surface area contributed by atoms with E-state index in [2.05, 4.69) is 22.3 Å². The molecule has 0 unspecified atom stereocenters. The number of hydrogen-bond acceptors (Lipinski definition) is 5. The number of nitrogens with zero attached hydrogens (tertiary/aromatic N) is 1. The van der Waals surface area contributed by atoms with Crippen LogP contribution in [0.2, 0.25) is 0 Å². The van der Waals surface area contributed by atoms with Crippen molar-refractivity contribution in [3.63, 3.8) is 0 Å². The first-order valence-electron chi connectivity index (χ1n) is 5.13. The van der Waals surface area contributed by atoms with E-state index in [0.717, 1.165) is 0 Å². The first-order chi connectivity index (χ1) is 8.39. The van der Waals surface area contributed by atoms with Crippen LogP contribution in [0.4, 0.5) is 0 Å². The molecule has 0 saturated carbocycles. The second kappa shape index (κ2) is 8.56. The standard InChI is InChI=1S/C10H17N3O4S/c1-3-9(4-5-11-2)13-10(14)8-12-6-7-18(15,16)17/h3-5,12H,2,6-8H2,1H3,(H,13,14)(H,15,16,17)/b5-4-,9-3+. The third kappa shape index (κ3) is 9.70. The van der Waals surface area contributed by atoms with E-state index in [-0.39, 0.29) is 19.0 Å². The van der Waals surface area contributed by atoms with Gasteiger partial charge in [-0.2, -0.15) is 8.42 Å². The molecule has 0 spiro atoms. The number of amides is 1. The predicted molar refractivity (Wildman–Crippen MR) is 69.9 cm³/mol. The fourth-order valence-corrected chi connectivity index (χ4v) is 1.35. The molecule has 1 amide bonds. The molecule has 0 saturated heterocycles. The Kier molecular flexibility index (Phi) is 7.84. The zero-order valence-corrected chi connectivity index (χ0v) is 10.9. The van der Waals surface area contributed by atoms with Crippen molar-refractivity contribution < 1.29 is 17.8 Å². The summed E-state index contributed by atoms with van der Waals surface area (Å²) < 4.78 is 29.3. The molecule has 0 aromatic heterocycles. The van der Waals surface area contributed by atoms with Crippen molar-refractivity contribution in [1.82, 2.24) is 10.6 Å². The molecule has 0 aliphatic carbocycles. The average molecular weight is 275 g/mol. The van der Waals surface area contributed by atoms with E-state index in [1.54, 1.807) is 19.1 Å². The first-order valence-corrected chi connectivity index (χ1v) is 6.74. The molecule has 0 rings (SSSR count). The third-order valence-electron chi connectivity index (χ3n) is 1.78. The Bertz CT molecular complexity index is 440. The number of carbonyl (C=O) groups is 1. The Hall–Kier alpha value is -1.51. The maximum absolute atomic E-state index is 11.4. The van der Waals surface area contributed by atoms with Crippen molar-refractivity contribution in [2.24, 2.45) is 4.99 Å². The molecule has 0 radical (unpaired) electrons. The molecule has 8 heteroatoms. The summed E-state index contributed by atoms with van der Waals surface area (Å²) in [5.41, 5.74) is 0.559. The highest BCUT2D eigenvalue weighted by Crippen LogP contribution is 1.91. The summed E-state index contributed by atoms with van der Waals surface area (Å²) in [5, 5.41) is 5.16. The van der Waals surface area contributed by atoms with E-state index in [4.69, 9.17) is 4.55 Å². The van der Waals surface area contributed by atoms with Crippen LogP contribution in [0.15, 0.2) is 29.0 Å². The van der Waals surface area contributed by atoms with Crippen molar-refractivity contribution >= 4 is 22.7 Å². The highest BCUT2D eigenvalue weighted by Gasteiger charge is 2.05. The quantitative estimate of drug-likeness (QED) is 0.244. The summed E-state index contributed by atoms with van der Waals surface area (Å²) in [4.78, 5) is 14.9. The van der Waals surface area contributed by atoms with Crippen LogP contribution in [0.25, 0.3) is 0 Å².